The molecule has 0 aliphatic heterocycles. The summed E-state index contributed by atoms with van der Waals surface area (Å²) in [6.07, 6.45) is 3.28. The summed E-state index contributed by atoms with van der Waals surface area (Å²) in [5, 5.41) is 12.2. The molecule has 1 amide bonds. The summed E-state index contributed by atoms with van der Waals surface area (Å²) < 4.78 is 7.24. The van der Waals surface area contributed by atoms with Crippen LogP contribution in [-0.4, -0.2) is 23.1 Å². The van der Waals surface area contributed by atoms with Crippen molar-refractivity contribution in [2.75, 3.05) is 11.9 Å². The number of ether oxygens (including phenoxy) is 1. The highest BCUT2D eigenvalue weighted by Gasteiger charge is 2.16. The van der Waals surface area contributed by atoms with Crippen LogP contribution in [-0.2, 0) is 27.3 Å². The molecule has 1 heterocycles. The maximum absolute atomic E-state index is 12.4. The first-order chi connectivity index (χ1) is 14.3. The molecule has 0 saturated carbocycles. The smallest absolute Gasteiger partial charge is 0.349 e. The number of anilines is 1. The monoisotopic (exact) mass is 407 g/mol. The third-order valence-electron chi connectivity index (χ3n) is 5.04. The molecular weight excluding hydrogens is 378 g/mol. The minimum absolute atomic E-state index is 0.135. The van der Waals surface area contributed by atoms with Crippen LogP contribution in [0.4, 0.5) is 5.69 Å². The molecule has 30 heavy (non-hydrogen) atoms. The molecule has 0 aliphatic rings. The lowest BCUT2D eigenvalue weighted by atomic mass is 10.1. The van der Waals surface area contributed by atoms with Crippen molar-refractivity contribution in [3.63, 3.8) is 0 Å². The van der Waals surface area contributed by atoms with Gasteiger partial charge in [-0.3, -0.25) is 4.79 Å². The average molecular weight is 408 g/mol. The van der Waals surface area contributed by atoms with Crippen molar-refractivity contribution in [1.82, 2.24) is 4.57 Å². The van der Waals surface area contributed by atoms with Crippen LogP contribution < -0.4 is 5.32 Å². The van der Waals surface area contributed by atoms with E-state index in [0.29, 0.717) is 0 Å². The summed E-state index contributed by atoms with van der Waals surface area (Å²) in [5.74, 6) is -1.25. The molecule has 0 radical (unpaired) electrons. The Bertz CT molecular complexity index is 1010. The van der Waals surface area contributed by atoms with E-state index in [1.807, 2.05) is 58.0 Å². The first-order valence-corrected chi connectivity index (χ1v) is 10.2. The molecule has 1 aromatic carbocycles. The molecule has 0 atom stereocenters. The second-order valence-corrected chi connectivity index (χ2v) is 7.23. The number of hydrogen-bond acceptors (Lipinski definition) is 4. The van der Waals surface area contributed by atoms with Crippen LogP contribution >= 0.6 is 0 Å². The lowest BCUT2D eigenvalue weighted by molar-refractivity contribution is -0.142. The van der Waals surface area contributed by atoms with Crippen LogP contribution in [0.5, 0.6) is 0 Å². The highest BCUT2D eigenvalue weighted by molar-refractivity contribution is 6.00. The Morgan fingerprint density at radius 3 is 2.60 bits per heavy atom. The van der Waals surface area contributed by atoms with Crippen molar-refractivity contribution in [2.45, 2.75) is 54.0 Å². The number of carbonyl (C=O) groups is 2. The van der Waals surface area contributed by atoms with Gasteiger partial charge in [0.2, 0.25) is 0 Å². The molecule has 1 N–H and O–H groups in total. The fourth-order valence-corrected chi connectivity index (χ4v) is 3.42. The van der Waals surface area contributed by atoms with Gasteiger partial charge in [0.1, 0.15) is 11.6 Å². The number of amides is 1. The molecule has 1 aromatic heterocycles. The quantitative estimate of drug-likeness (QED) is 0.397. The van der Waals surface area contributed by atoms with Gasteiger partial charge in [0, 0.05) is 23.6 Å². The van der Waals surface area contributed by atoms with E-state index in [1.165, 1.54) is 6.08 Å². The third kappa shape index (κ3) is 5.38. The molecule has 2 aromatic rings. The van der Waals surface area contributed by atoms with Crippen LogP contribution in [0.1, 0.15) is 48.3 Å². The summed E-state index contributed by atoms with van der Waals surface area (Å²) >= 11 is 0. The van der Waals surface area contributed by atoms with E-state index >= 15 is 0 Å². The molecule has 0 aliphatic carbocycles. The number of rotatable bonds is 8. The molecule has 158 valence electrons. The SMILES string of the molecule is CCCn1c(C)cc(C=C(C#N)C(=O)OCC(=O)Nc2c(C)cccc2CC)c1C. The predicted molar refractivity (Wildman–Crippen MR) is 118 cm³/mol. The van der Waals surface area contributed by atoms with Gasteiger partial charge in [0.25, 0.3) is 5.91 Å². The van der Waals surface area contributed by atoms with Gasteiger partial charge in [-0.15, -0.1) is 0 Å². The average Bonchev–Trinajstić information content (AvgIpc) is 2.99. The van der Waals surface area contributed by atoms with Crippen molar-refractivity contribution in [3.8, 4) is 6.07 Å². The second kappa shape index (κ2) is 10.4. The van der Waals surface area contributed by atoms with Gasteiger partial charge in [-0.05, 0) is 62.4 Å². The van der Waals surface area contributed by atoms with Crippen molar-refractivity contribution >= 4 is 23.6 Å². The van der Waals surface area contributed by atoms with E-state index in [0.717, 1.165) is 53.2 Å². The van der Waals surface area contributed by atoms with E-state index in [1.54, 1.807) is 0 Å². The summed E-state index contributed by atoms with van der Waals surface area (Å²) in [6.45, 7) is 10.4. The van der Waals surface area contributed by atoms with Gasteiger partial charge in [0.05, 0.1) is 0 Å². The Morgan fingerprint density at radius 2 is 1.97 bits per heavy atom. The molecule has 6 heteroatoms. The summed E-state index contributed by atoms with van der Waals surface area (Å²) in [7, 11) is 0. The summed E-state index contributed by atoms with van der Waals surface area (Å²) in [5.41, 5.74) is 5.40. The van der Waals surface area contributed by atoms with Crippen molar-refractivity contribution in [1.29, 1.82) is 5.26 Å². The van der Waals surface area contributed by atoms with E-state index < -0.39 is 18.5 Å². The molecule has 0 fully saturated rings. The fraction of sp³-hybridized carbons (Fsp3) is 0.375. The van der Waals surface area contributed by atoms with Crippen molar-refractivity contribution < 1.29 is 14.3 Å². The molecule has 0 spiro atoms. The zero-order chi connectivity index (χ0) is 22.3. The van der Waals surface area contributed by atoms with Gasteiger partial charge in [-0.1, -0.05) is 32.0 Å². The number of aryl methyl sites for hydroxylation is 3. The van der Waals surface area contributed by atoms with Crippen LogP contribution in [0, 0.1) is 32.1 Å². The largest absolute Gasteiger partial charge is 0.451 e. The molecule has 6 nitrogen and oxygen atoms in total. The van der Waals surface area contributed by atoms with E-state index in [-0.39, 0.29) is 5.57 Å². The van der Waals surface area contributed by atoms with Crippen LogP contribution in [0.15, 0.2) is 29.8 Å². The van der Waals surface area contributed by atoms with E-state index in [9.17, 15) is 14.9 Å². The van der Waals surface area contributed by atoms with Gasteiger partial charge in [-0.25, -0.2) is 4.79 Å². The number of hydrogen-bond donors (Lipinski definition) is 1. The van der Waals surface area contributed by atoms with Gasteiger partial charge in [-0.2, -0.15) is 5.26 Å². The number of aromatic nitrogens is 1. The number of nitriles is 1. The lowest BCUT2D eigenvalue weighted by Crippen LogP contribution is -2.22. The van der Waals surface area contributed by atoms with Crippen LogP contribution in [0.25, 0.3) is 6.08 Å². The highest BCUT2D eigenvalue weighted by atomic mass is 16.5. The maximum atomic E-state index is 12.4. The highest BCUT2D eigenvalue weighted by Crippen LogP contribution is 2.21. The maximum Gasteiger partial charge on any atom is 0.349 e. The Labute approximate surface area is 178 Å². The molecule has 0 saturated heterocycles. The van der Waals surface area contributed by atoms with Crippen LogP contribution in [0.2, 0.25) is 0 Å². The minimum atomic E-state index is -0.812. The Hall–Kier alpha value is -3.33. The standard InChI is InChI=1S/C24H29N3O3/c1-6-11-27-17(4)12-20(18(27)5)13-21(14-25)24(29)30-15-22(28)26-23-16(3)9-8-10-19(23)7-2/h8-10,12-13H,6-7,11,15H2,1-5H3,(H,26,28). The van der Waals surface area contributed by atoms with Gasteiger partial charge < -0.3 is 14.6 Å². The Balaban J connectivity index is 2.08. The minimum Gasteiger partial charge on any atom is -0.451 e. The molecule has 0 bridgehead atoms. The molecule has 0 unspecified atom stereocenters. The van der Waals surface area contributed by atoms with Crippen LogP contribution in [0.3, 0.4) is 0 Å². The number of para-hydroxylation sites is 1. The number of nitrogens with zero attached hydrogens (tertiary/aromatic N) is 2. The zero-order valence-corrected chi connectivity index (χ0v) is 18.3. The Kier molecular flexibility index (Phi) is 7.99. The van der Waals surface area contributed by atoms with E-state index in [2.05, 4.69) is 16.8 Å². The first-order valence-electron chi connectivity index (χ1n) is 10.2. The summed E-state index contributed by atoms with van der Waals surface area (Å²) in [6, 6.07) is 9.61. The number of nitrogens with one attached hydrogen (secondary N) is 1. The first kappa shape index (κ1) is 23.0. The van der Waals surface area contributed by atoms with E-state index in [4.69, 9.17) is 4.74 Å². The van der Waals surface area contributed by atoms with Crippen molar-refractivity contribution in [3.05, 3.63) is 57.9 Å². The summed E-state index contributed by atoms with van der Waals surface area (Å²) in [4.78, 5) is 24.6. The number of carbonyl (C=O) groups excluding carboxylic acids is 2. The molecule has 2 rings (SSSR count). The molecular formula is C24H29N3O3. The fourth-order valence-electron chi connectivity index (χ4n) is 3.42. The van der Waals surface area contributed by atoms with Gasteiger partial charge in [0.15, 0.2) is 6.61 Å². The van der Waals surface area contributed by atoms with Crippen molar-refractivity contribution in [2.24, 2.45) is 0 Å². The lowest BCUT2D eigenvalue weighted by Gasteiger charge is -2.13. The predicted octanol–water partition coefficient (Wildman–Crippen LogP) is 4.47. The zero-order valence-electron chi connectivity index (χ0n) is 18.3. The Morgan fingerprint density at radius 1 is 1.23 bits per heavy atom. The topological polar surface area (TPSA) is 84.1 Å². The normalized spacial score (nSPS) is 11.1. The number of benzene rings is 1. The number of esters is 1. The second-order valence-electron chi connectivity index (χ2n) is 7.23. The third-order valence-corrected chi connectivity index (χ3v) is 5.04. The van der Waals surface area contributed by atoms with Gasteiger partial charge >= 0.3 is 5.97 Å².